The van der Waals surface area contributed by atoms with Gasteiger partial charge in [0.05, 0.1) is 15.9 Å². The molecule has 1 amide bonds. The highest BCUT2D eigenvalue weighted by Gasteiger charge is 2.23. The molecule has 1 atom stereocenters. The molecular formula is C25H41N5O3S. The molecule has 1 aromatic heterocycles. The van der Waals surface area contributed by atoms with Gasteiger partial charge in [-0.05, 0) is 56.5 Å². The third-order valence-electron chi connectivity index (χ3n) is 6.58. The summed E-state index contributed by atoms with van der Waals surface area (Å²) >= 11 is 0. The summed E-state index contributed by atoms with van der Waals surface area (Å²) in [6, 6.07) is 5.18. The number of likely N-dealkylation sites (tertiary alicyclic amines) is 1. The molecule has 190 valence electrons. The molecule has 3 rings (SSSR count). The number of hydrogen-bond donors (Lipinski definition) is 1. The Kier molecular flexibility index (Phi) is 9.50. The van der Waals surface area contributed by atoms with Crippen LogP contribution in [0.1, 0.15) is 59.2 Å². The largest absolute Gasteiger partial charge is 0.356 e. The smallest absolute Gasteiger partial charge is 0.243 e. The number of nitrogens with zero attached hydrogens (tertiary/aromatic N) is 4. The highest BCUT2D eigenvalue weighted by Crippen LogP contribution is 2.24. The molecule has 1 saturated heterocycles. The van der Waals surface area contributed by atoms with Gasteiger partial charge in [0.25, 0.3) is 0 Å². The second-order valence-electron chi connectivity index (χ2n) is 9.34. The summed E-state index contributed by atoms with van der Waals surface area (Å²) in [5.41, 5.74) is 1.58. The van der Waals surface area contributed by atoms with Crippen LogP contribution in [0.4, 0.5) is 0 Å². The van der Waals surface area contributed by atoms with Crippen LogP contribution in [0.3, 0.4) is 0 Å². The number of carbonyl (C=O) groups is 1. The van der Waals surface area contributed by atoms with E-state index in [1.165, 1.54) is 30.2 Å². The summed E-state index contributed by atoms with van der Waals surface area (Å²) in [6.07, 6.45) is 4.38. The lowest BCUT2D eigenvalue weighted by atomic mass is 10.1. The lowest BCUT2D eigenvalue weighted by molar-refractivity contribution is -0.121. The maximum Gasteiger partial charge on any atom is 0.243 e. The van der Waals surface area contributed by atoms with E-state index in [-0.39, 0.29) is 10.8 Å². The second kappa shape index (κ2) is 12.1. The van der Waals surface area contributed by atoms with Crippen molar-refractivity contribution in [1.29, 1.82) is 0 Å². The fourth-order valence-corrected chi connectivity index (χ4v) is 6.25. The van der Waals surface area contributed by atoms with Gasteiger partial charge < -0.3 is 14.8 Å². The number of imidazole rings is 1. The topological polar surface area (TPSA) is 87.5 Å². The molecule has 1 aromatic carbocycles. The minimum Gasteiger partial charge on any atom is -0.356 e. The SMILES string of the molecule is CCCn1c(CCC(=O)NCC(C)CN2CCCC2)nc2cc(S(=O)(=O)N(CC)CC)ccc21. The van der Waals surface area contributed by atoms with Crippen LogP contribution in [0.2, 0.25) is 0 Å². The van der Waals surface area contributed by atoms with Crippen LogP contribution in [-0.2, 0) is 27.8 Å². The van der Waals surface area contributed by atoms with Crippen LogP contribution in [0.15, 0.2) is 23.1 Å². The molecule has 0 radical (unpaired) electrons. The lowest BCUT2D eigenvalue weighted by Gasteiger charge is -2.20. The van der Waals surface area contributed by atoms with Gasteiger partial charge in [0.1, 0.15) is 5.82 Å². The summed E-state index contributed by atoms with van der Waals surface area (Å²) < 4.78 is 29.5. The molecule has 0 spiro atoms. The molecule has 1 fully saturated rings. The quantitative estimate of drug-likeness (QED) is 0.465. The number of fused-ring (bicyclic) bond motifs is 1. The van der Waals surface area contributed by atoms with Gasteiger partial charge in [0.15, 0.2) is 0 Å². The molecule has 8 nitrogen and oxygen atoms in total. The standard InChI is InChI=1S/C25H41N5O3S/c1-5-14-30-23-11-10-21(34(32,33)29(6-2)7-3)17-22(23)27-24(30)12-13-25(31)26-18-20(4)19-28-15-8-9-16-28/h10-11,17,20H,5-9,12-16,18-19H2,1-4H3,(H,26,31). The first-order chi connectivity index (χ1) is 16.3. The van der Waals surface area contributed by atoms with Crippen LogP contribution in [0.25, 0.3) is 11.0 Å². The number of carbonyl (C=O) groups excluding carboxylic acids is 1. The van der Waals surface area contributed by atoms with Gasteiger partial charge in [0.2, 0.25) is 15.9 Å². The van der Waals surface area contributed by atoms with Gasteiger partial charge in [-0.25, -0.2) is 13.4 Å². The van der Waals surface area contributed by atoms with Crippen molar-refractivity contribution in [2.75, 3.05) is 39.3 Å². The summed E-state index contributed by atoms with van der Waals surface area (Å²) in [6.45, 7) is 13.7. The normalized spacial score (nSPS) is 15.9. The van der Waals surface area contributed by atoms with Crippen molar-refractivity contribution >= 4 is 27.0 Å². The third-order valence-corrected chi connectivity index (χ3v) is 8.63. The molecule has 1 N–H and O–H groups in total. The maximum absolute atomic E-state index is 12.9. The van der Waals surface area contributed by atoms with Crippen molar-refractivity contribution in [3.8, 4) is 0 Å². The predicted molar refractivity (Wildman–Crippen MR) is 136 cm³/mol. The summed E-state index contributed by atoms with van der Waals surface area (Å²) in [5.74, 6) is 1.29. The molecular weight excluding hydrogens is 450 g/mol. The van der Waals surface area contributed by atoms with Crippen molar-refractivity contribution in [2.24, 2.45) is 5.92 Å². The highest BCUT2D eigenvalue weighted by atomic mass is 32.2. The fraction of sp³-hybridized carbons (Fsp3) is 0.680. The molecule has 1 aliphatic rings. The van der Waals surface area contributed by atoms with E-state index in [1.54, 1.807) is 12.1 Å². The van der Waals surface area contributed by atoms with Gasteiger partial charge in [-0.2, -0.15) is 4.31 Å². The molecule has 2 heterocycles. The Morgan fingerprint density at radius 3 is 2.53 bits per heavy atom. The average molecular weight is 492 g/mol. The molecule has 0 saturated carbocycles. The number of nitrogens with one attached hydrogen (secondary N) is 1. The van der Waals surface area contributed by atoms with E-state index < -0.39 is 10.0 Å². The van der Waals surface area contributed by atoms with Gasteiger partial charge in [-0.15, -0.1) is 0 Å². The highest BCUT2D eigenvalue weighted by molar-refractivity contribution is 7.89. The zero-order chi connectivity index (χ0) is 24.7. The van der Waals surface area contributed by atoms with Crippen molar-refractivity contribution in [3.63, 3.8) is 0 Å². The van der Waals surface area contributed by atoms with E-state index in [4.69, 9.17) is 4.98 Å². The Labute approximate surface area is 204 Å². The number of aromatic nitrogens is 2. The molecule has 2 aromatic rings. The number of amides is 1. The number of hydrogen-bond acceptors (Lipinski definition) is 5. The molecule has 34 heavy (non-hydrogen) atoms. The van der Waals surface area contributed by atoms with Crippen LogP contribution < -0.4 is 5.32 Å². The van der Waals surface area contributed by atoms with E-state index in [9.17, 15) is 13.2 Å². The first-order valence-electron chi connectivity index (χ1n) is 12.8. The first kappa shape index (κ1) is 26.6. The minimum absolute atomic E-state index is 0.0353. The van der Waals surface area contributed by atoms with Gasteiger partial charge >= 0.3 is 0 Å². The molecule has 0 aliphatic carbocycles. The van der Waals surface area contributed by atoms with Crippen LogP contribution >= 0.6 is 0 Å². The second-order valence-corrected chi connectivity index (χ2v) is 11.3. The Bertz CT molecular complexity index is 1060. The maximum atomic E-state index is 12.9. The Hall–Kier alpha value is -1.97. The Morgan fingerprint density at radius 1 is 1.18 bits per heavy atom. The zero-order valence-electron chi connectivity index (χ0n) is 21.2. The van der Waals surface area contributed by atoms with Crippen molar-refractivity contribution in [2.45, 2.75) is 71.2 Å². The number of aryl methyl sites for hydroxylation is 2. The monoisotopic (exact) mass is 491 g/mol. The summed E-state index contributed by atoms with van der Waals surface area (Å²) in [7, 11) is -3.54. The lowest BCUT2D eigenvalue weighted by Crippen LogP contribution is -2.34. The third kappa shape index (κ3) is 6.37. The van der Waals surface area contributed by atoms with Gasteiger partial charge in [0, 0.05) is 45.6 Å². The summed E-state index contributed by atoms with van der Waals surface area (Å²) in [5, 5.41) is 3.08. The predicted octanol–water partition coefficient (Wildman–Crippen LogP) is 3.26. The Balaban J connectivity index is 1.67. The molecule has 0 bridgehead atoms. The van der Waals surface area contributed by atoms with Crippen LogP contribution in [0, 0.1) is 5.92 Å². The fourth-order valence-electron chi connectivity index (χ4n) is 4.77. The van der Waals surface area contributed by atoms with E-state index in [0.717, 1.165) is 30.9 Å². The van der Waals surface area contributed by atoms with Crippen LogP contribution in [-0.4, -0.2) is 72.3 Å². The van der Waals surface area contributed by atoms with Crippen LogP contribution in [0.5, 0.6) is 0 Å². The Morgan fingerprint density at radius 2 is 1.88 bits per heavy atom. The first-order valence-corrected chi connectivity index (χ1v) is 14.2. The van der Waals surface area contributed by atoms with E-state index in [0.29, 0.717) is 43.9 Å². The minimum atomic E-state index is -3.54. The zero-order valence-corrected chi connectivity index (χ0v) is 22.0. The van der Waals surface area contributed by atoms with Crippen molar-refractivity contribution in [3.05, 3.63) is 24.0 Å². The van der Waals surface area contributed by atoms with Crippen molar-refractivity contribution < 1.29 is 13.2 Å². The van der Waals surface area contributed by atoms with E-state index in [1.807, 2.05) is 19.9 Å². The number of benzene rings is 1. The van der Waals surface area contributed by atoms with E-state index in [2.05, 4.69) is 28.6 Å². The molecule has 1 unspecified atom stereocenters. The molecule has 1 aliphatic heterocycles. The van der Waals surface area contributed by atoms with Crippen molar-refractivity contribution in [1.82, 2.24) is 24.1 Å². The average Bonchev–Trinajstić information content (AvgIpc) is 3.44. The van der Waals surface area contributed by atoms with E-state index >= 15 is 0 Å². The number of rotatable bonds is 13. The van der Waals surface area contributed by atoms with Gasteiger partial charge in [-0.3, -0.25) is 4.79 Å². The van der Waals surface area contributed by atoms with Gasteiger partial charge in [-0.1, -0.05) is 27.7 Å². The number of sulfonamides is 1. The molecule has 9 heteroatoms. The summed E-state index contributed by atoms with van der Waals surface area (Å²) in [4.78, 5) is 20.0.